The molecule has 14 heavy (non-hydrogen) atoms. The topological polar surface area (TPSA) is 37.5 Å². The first kappa shape index (κ1) is 10.8. The third-order valence-corrected chi connectivity index (χ3v) is 2.34. The standard InChI is InChI=1S/C11H18N2O/c1-5-11(3,4)12-10-7-6-9(2)8-13(10)14/h6-8,14H,5H2,1-4H3. The van der Waals surface area contributed by atoms with E-state index in [1.165, 1.54) is 0 Å². The molecule has 1 heterocycles. The second-order valence-electron chi connectivity index (χ2n) is 4.19. The van der Waals surface area contributed by atoms with Crippen molar-refractivity contribution >= 4 is 0 Å². The summed E-state index contributed by atoms with van der Waals surface area (Å²) in [6, 6.07) is 3.77. The summed E-state index contributed by atoms with van der Waals surface area (Å²) < 4.78 is 1.08. The summed E-state index contributed by atoms with van der Waals surface area (Å²) in [5.41, 5.74) is 1.49. The summed E-state index contributed by atoms with van der Waals surface area (Å²) in [4.78, 5) is 4.46. The van der Waals surface area contributed by atoms with Crippen molar-refractivity contribution in [3.63, 3.8) is 0 Å². The van der Waals surface area contributed by atoms with Crippen LogP contribution in [-0.2, 0) is 0 Å². The largest absolute Gasteiger partial charge is 0.427 e. The lowest BCUT2D eigenvalue weighted by molar-refractivity contribution is 0.168. The highest BCUT2D eigenvalue weighted by atomic mass is 16.5. The van der Waals surface area contributed by atoms with Crippen molar-refractivity contribution in [2.75, 3.05) is 0 Å². The van der Waals surface area contributed by atoms with Gasteiger partial charge in [-0.2, -0.15) is 4.73 Å². The molecule has 0 radical (unpaired) electrons. The fourth-order valence-corrected chi connectivity index (χ4v) is 1.06. The van der Waals surface area contributed by atoms with E-state index in [0.29, 0.717) is 5.49 Å². The molecule has 0 saturated carbocycles. The van der Waals surface area contributed by atoms with Gasteiger partial charge >= 0.3 is 0 Å². The van der Waals surface area contributed by atoms with Crippen LogP contribution in [0.3, 0.4) is 0 Å². The van der Waals surface area contributed by atoms with Crippen molar-refractivity contribution in [3.8, 4) is 0 Å². The average molecular weight is 194 g/mol. The SMILES string of the molecule is CCC(C)(C)N=c1ccc(C)cn1O. The van der Waals surface area contributed by atoms with Gasteiger partial charge in [0.1, 0.15) is 0 Å². The molecule has 0 aliphatic carbocycles. The Bertz CT molecular complexity index is 377. The Hall–Kier alpha value is -1.25. The monoisotopic (exact) mass is 194 g/mol. The molecule has 0 fully saturated rings. The van der Waals surface area contributed by atoms with Gasteiger partial charge < -0.3 is 5.21 Å². The third-order valence-electron chi connectivity index (χ3n) is 2.34. The van der Waals surface area contributed by atoms with Crippen molar-refractivity contribution < 1.29 is 5.21 Å². The first-order valence-corrected chi connectivity index (χ1v) is 4.89. The molecular weight excluding hydrogens is 176 g/mol. The fraction of sp³-hybridized carbons (Fsp3) is 0.545. The van der Waals surface area contributed by atoms with Gasteiger partial charge in [0.15, 0.2) is 5.49 Å². The molecule has 0 saturated heterocycles. The van der Waals surface area contributed by atoms with Crippen LogP contribution in [0.5, 0.6) is 0 Å². The van der Waals surface area contributed by atoms with E-state index in [-0.39, 0.29) is 5.54 Å². The minimum atomic E-state index is -0.125. The maximum atomic E-state index is 9.57. The quantitative estimate of drug-likeness (QED) is 0.719. The van der Waals surface area contributed by atoms with Crippen molar-refractivity contribution in [2.45, 2.75) is 39.7 Å². The van der Waals surface area contributed by atoms with Gasteiger partial charge in [-0.1, -0.05) is 13.0 Å². The van der Waals surface area contributed by atoms with Gasteiger partial charge in [-0.15, -0.1) is 0 Å². The highest BCUT2D eigenvalue weighted by Gasteiger charge is 2.12. The minimum Gasteiger partial charge on any atom is -0.427 e. The number of rotatable bonds is 2. The first-order valence-electron chi connectivity index (χ1n) is 4.89. The summed E-state index contributed by atoms with van der Waals surface area (Å²) in [6.45, 7) is 8.11. The van der Waals surface area contributed by atoms with E-state index in [4.69, 9.17) is 0 Å². The first-order chi connectivity index (χ1) is 6.44. The zero-order valence-corrected chi connectivity index (χ0v) is 9.28. The summed E-state index contributed by atoms with van der Waals surface area (Å²) in [6.07, 6.45) is 2.60. The second kappa shape index (κ2) is 3.86. The summed E-state index contributed by atoms with van der Waals surface area (Å²) in [5, 5.41) is 9.57. The highest BCUT2D eigenvalue weighted by Crippen LogP contribution is 2.11. The van der Waals surface area contributed by atoms with Gasteiger partial charge in [0.2, 0.25) is 0 Å². The molecule has 0 aromatic carbocycles. The van der Waals surface area contributed by atoms with Crippen LogP contribution in [0.1, 0.15) is 32.8 Å². The summed E-state index contributed by atoms with van der Waals surface area (Å²) in [7, 11) is 0. The predicted octanol–water partition coefficient (Wildman–Crippen LogP) is 2.12. The van der Waals surface area contributed by atoms with Gasteiger partial charge in [-0.3, -0.25) is 4.99 Å². The Balaban J connectivity index is 3.19. The Labute approximate surface area is 84.7 Å². The van der Waals surface area contributed by atoms with Crippen molar-refractivity contribution in [1.29, 1.82) is 0 Å². The number of hydrogen-bond acceptors (Lipinski definition) is 2. The van der Waals surface area contributed by atoms with Crippen LogP contribution in [0, 0.1) is 6.92 Å². The van der Waals surface area contributed by atoms with Crippen LogP contribution in [-0.4, -0.2) is 15.5 Å². The van der Waals surface area contributed by atoms with E-state index in [2.05, 4.69) is 11.9 Å². The van der Waals surface area contributed by atoms with E-state index in [1.807, 2.05) is 32.9 Å². The number of hydrogen-bond donors (Lipinski definition) is 1. The lowest BCUT2D eigenvalue weighted by Crippen LogP contribution is -2.26. The molecule has 3 heteroatoms. The lowest BCUT2D eigenvalue weighted by Gasteiger charge is -2.16. The van der Waals surface area contributed by atoms with E-state index in [1.54, 1.807) is 6.20 Å². The van der Waals surface area contributed by atoms with E-state index in [0.717, 1.165) is 16.7 Å². The average Bonchev–Trinajstić information content (AvgIpc) is 2.10. The van der Waals surface area contributed by atoms with E-state index in [9.17, 15) is 5.21 Å². The molecule has 3 nitrogen and oxygen atoms in total. The van der Waals surface area contributed by atoms with Crippen LogP contribution >= 0.6 is 0 Å². The molecule has 1 aromatic heterocycles. The number of nitrogens with zero attached hydrogens (tertiary/aromatic N) is 2. The maximum absolute atomic E-state index is 9.57. The van der Waals surface area contributed by atoms with Crippen LogP contribution in [0.25, 0.3) is 0 Å². The van der Waals surface area contributed by atoms with Crippen molar-refractivity contribution in [2.24, 2.45) is 4.99 Å². The number of aryl methyl sites for hydroxylation is 1. The van der Waals surface area contributed by atoms with Gasteiger partial charge in [0.05, 0.1) is 5.54 Å². The molecule has 0 aliphatic heterocycles. The second-order valence-corrected chi connectivity index (χ2v) is 4.19. The molecule has 1 rings (SSSR count). The van der Waals surface area contributed by atoms with Crippen molar-refractivity contribution in [3.05, 3.63) is 29.4 Å². The van der Waals surface area contributed by atoms with Crippen molar-refractivity contribution in [1.82, 2.24) is 4.73 Å². The Morgan fingerprint density at radius 3 is 2.57 bits per heavy atom. The Morgan fingerprint density at radius 1 is 1.43 bits per heavy atom. The molecule has 1 aromatic rings. The predicted molar refractivity (Wildman–Crippen MR) is 56.3 cm³/mol. The molecular formula is C11H18N2O. The molecule has 0 bridgehead atoms. The third kappa shape index (κ3) is 2.62. The summed E-state index contributed by atoms with van der Waals surface area (Å²) in [5.74, 6) is 0. The Kier molecular flexibility index (Phi) is 2.99. The smallest absolute Gasteiger partial charge is 0.163 e. The Morgan fingerprint density at radius 2 is 2.07 bits per heavy atom. The molecule has 0 spiro atoms. The number of pyridine rings is 1. The van der Waals surface area contributed by atoms with Crippen LogP contribution < -0.4 is 5.49 Å². The molecule has 0 atom stereocenters. The molecule has 0 amide bonds. The highest BCUT2D eigenvalue weighted by molar-refractivity contribution is 5.06. The maximum Gasteiger partial charge on any atom is 0.163 e. The molecule has 0 aliphatic rings. The van der Waals surface area contributed by atoms with Crippen LogP contribution in [0.15, 0.2) is 23.3 Å². The van der Waals surface area contributed by atoms with Crippen LogP contribution in [0.4, 0.5) is 0 Å². The fourth-order valence-electron chi connectivity index (χ4n) is 1.06. The zero-order valence-electron chi connectivity index (χ0n) is 9.28. The summed E-state index contributed by atoms with van der Waals surface area (Å²) >= 11 is 0. The number of aromatic nitrogens is 1. The molecule has 0 unspecified atom stereocenters. The van der Waals surface area contributed by atoms with Gasteiger partial charge in [-0.05, 0) is 38.8 Å². The van der Waals surface area contributed by atoms with E-state index >= 15 is 0 Å². The lowest BCUT2D eigenvalue weighted by atomic mass is 10.0. The zero-order chi connectivity index (χ0) is 10.8. The van der Waals surface area contributed by atoms with Gasteiger partial charge in [0, 0.05) is 6.20 Å². The molecule has 1 N–H and O–H groups in total. The molecule has 78 valence electrons. The van der Waals surface area contributed by atoms with Gasteiger partial charge in [0.25, 0.3) is 0 Å². The minimum absolute atomic E-state index is 0.125. The van der Waals surface area contributed by atoms with Gasteiger partial charge in [-0.25, -0.2) is 0 Å². The van der Waals surface area contributed by atoms with E-state index < -0.39 is 0 Å². The normalized spacial score (nSPS) is 13.3. The van der Waals surface area contributed by atoms with Crippen LogP contribution in [0.2, 0.25) is 0 Å².